The van der Waals surface area contributed by atoms with Crippen LogP contribution in [-0.2, 0) is 4.74 Å². The van der Waals surface area contributed by atoms with Crippen molar-refractivity contribution in [2.24, 2.45) is 5.41 Å². The first-order chi connectivity index (χ1) is 8.49. The Bertz CT molecular complexity index is 419. The summed E-state index contributed by atoms with van der Waals surface area (Å²) in [6, 6.07) is 2.23. The second-order valence-electron chi connectivity index (χ2n) is 5.64. The van der Waals surface area contributed by atoms with Crippen LogP contribution in [0.25, 0.3) is 0 Å². The van der Waals surface area contributed by atoms with Gasteiger partial charge in [0.15, 0.2) is 0 Å². The Hall–Kier alpha value is -1.06. The van der Waals surface area contributed by atoms with Crippen molar-refractivity contribution in [3.8, 4) is 0 Å². The van der Waals surface area contributed by atoms with Crippen LogP contribution in [0.1, 0.15) is 22.3 Å². The fourth-order valence-electron chi connectivity index (χ4n) is 2.40. The average molecular weight is 249 g/mol. The Morgan fingerprint density at radius 3 is 2.11 bits per heavy atom. The lowest BCUT2D eigenvalue weighted by molar-refractivity contribution is -0.128. The third-order valence-corrected chi connectivity index (χ3v) is 4.16. The molecule has 0 unspecified atom stereocenters. The standard InChI is InChI=1S/C15H23NO2/c1-10-5-11(2)13(4)14(12(10)3)16-6-15(7-17)8-18-9-15/h5,16-17H,6-9H2,1-4H3. The third kappa shape index (κ3) is 2.25. The van der Waals surface area contributed by atoms with Crippen molar-refractivity contribution >= 4 is 5.69 Å². The zero-order chi connectivity index (χ0) is 13.3. The minimum atomic E-state index is -0.0868. The van der Waals surface area contributed by atoms with Crippen LogP contribution in [0, 0.1) is 33.1 Å². The quantitative estimate of drug-likeness (QED) is 0.860. The molecule has 0 bridgehead atoms. The molecule has 0 amide bonds. The molecule has 0 spiro atoms. The van der Waals surface area contributed by atoms with Crippen molar-refractivity contribution in [1.29, 1.82) is 0 Å². The highest BCUT2D eigenvalue weighted by molar-refractivity contribution is 5.62. The summed E-state index contributed by atoms with van der Waals surface area (Å²) in [5.74, 6) is 0. The molecule has 3 heteroatoms. The third-order valence-electron chi connectivity index (χ3n) is 4.16. The van der Waals surface area contributed by atoms with E-state index in [1.54, 1.807) is 0 Å². The topological polar surface area (TPSA) is 41.5 Å². The smallest absolute Gasteiger partial charge is 0.0584 e. The van der Waals surface area contributed by atoms with Crippen LogP contribution in [0.4, 0.5) is 5.69 Å². The van der Waals surface area contributed by atoms with E-state index >= 15 is 0 Å². The van der Waals surface area contributed by atoms with Gasteiger partial charge in [0.05, 0.1) is 25.2 Å². The minimum absolute atomic E-state index is 0.0868. The van der Waals surface area contributed by atoms with Crippen LogP contribution in [0.5, 0.6) is 0 Å². The van der Waals surface area contributed by atoms with Crippen molar-refractivity contribution in [2.45, 2.75) is 27.7 Å². The van der Waals surface area contributed by atoms with Crippen LogP contribution < -0.4 is 5.32 Å². The van der Waals surface area contributed by atoms with Crippen molar-refractivity contribution in [3.05, 3.63) is 28.3 Å². The first-order valence-corrected chi connectivity index (χ1v) is 6.49. The molecule has 1 aliphatic heterocycles. The van der Waals surface area contributed by atoms with Crippen molar-refractivity contribution in [1.82, 2.24) is 0 Å². The van der Waals surface area contributed by atoms with Crippen molar-refractivity contribution in [2.75, 3.05) is 31.7 Å². The van der Waals surface area contributed by atoms with E-state index in [2.05, 4.69) is 39.1 Å². The van der Waals surface area contributed by atoms with E-state index in [0.29, 0.717) is 13.2 Å². The summed E-state index contributed by atoms with van der Waals surface area (Å²) in [6.07, 6.45) is 0. The number of benzene rings is 1. The second kappa shape index (κ2) is 4.90. The fraction of sp³-hybridized carbons (Fsp3) is 0.600. The highest BCUT2D eigenvalue weighted by Gasteiger charge is 2.38. The van der Waals surface area contributed by atoms with Gasteiger partial charge in [-0.1, -0.05) is 6.07 Å². The summed E-state index contributed by atoms with van der Waals surface area (Å²) < 4.78 is 5.23. The molecule has 1 aromatic rings. The summed E-state index contributed by atoms with van der Waals surface area (Å²) in [4.78, 5) is 0. The maximum absolute atomic E-state index is 9.44. The highest BCUT2D eigenvalue weighted by atomic mass is 16.5. The van der Waals surface area contributed by atoms with Gasteiger partial charge >= 0.3 is 0 Å². The normalized spacial score (nSPS) is 17.4. The number of nitrogens with one attached hydrogen (secondary N) is 1. The van der Waals surface area contributed by atoms with Gasteiger partial charge in [0.25, 0.3) is 0 Å². The number of aliphatic hydroxyl groups excluding tert-OH is 1. The maximum atomic E-state index is 9.44. The van der Waals surface area contributed by atoms with Gasteiger partial charge in [0.2, 0.25) is 0 Å². The van der Waals surface area contributed by atoms with Crippen LogP contribution in [0.3, 0.4) is 0 Å². The van der Waals surface area contributed by atoms with Crippen LogP contribution >= 0.6 is 0 Å². The number of hydrogen-bond donors (Lipinski definition) is 2. The second-order valence-corrected chi connectivity index (χ2v) is 5.64. The molecule has 1 heterocycles. The number of aliphatic hydroxyl groups is 1. The molecule has 1 aromatic carbocycles. The van der Waals surface area contributed by atoms with Gasteiger partial charge in [-0.15, -0.1) is 0 Å². The molecule has 1 fully saturated rings. The van der Waals surface area contributed by atoms with Gasteiger partial charge in [-0.3, -0.25) is 0 Å². The summed E-state index contributed by atoms with van der Waals surface area (Å²) in [5, 5.41) is 13.0. The van der Waals surface area contributed by atoms with Crippen LogP contribution in [-0.4, -0.2) is 31.5 Å². The zero-order valence-electron chi connectivity index (χ0n) is 11.8. The Balaban J connectivity index is 2.19. The monoisotopic (exact) mass is 249 g/mol. The number of anilines is 1. The molecule has 18 heavy (non-hydrogen) atoms. The fourth-order valence-corrected chi connectivity index (χ4v) is 2.40. The molecule has 2 N–H and O–H groups in total. The SMILES string of the molecule is Cc1cc(C)c(C)c(NCC2(CO)COC2)c1C. The van der Waals surface area contributed by atoms with Gasteiger partial charge in [0.1, 0.15) is 0 Å². The lowest BCUT2D eigenvalue weighted by Crippen LogP contribution is -2.50. The lowest BCUT2D eigenvalue weighted by Gasteiger charge is -2.40. The Labute approximate surface area is 109 Å². The average Bonchev–Trinajstić information content (AvgIpc) is 2.29. The summed E-state index contributed by atoms with van der Waals surface area (Å²) in [6.45, 7) is 10.8. The number of ether oxygens (including phenoxy) is 1. The number of rotatable bonds is 4. The molecule has 100 valence electrons. The first-order valence-electron chi connectivity index (χ1n) is 6.49. The lowest BCUT2D eigenvalue weighted by atomic mass is 9.86. The van der Waals surface area contributed by atoms with E-state index in [1.807, 2.05) is 0 Å². The van der Waals surface area contributed by atoms with Gasteiger partial charge in [-0.05, 0) is 49.9 Å². The van der Waals surface area contributed by atoms with Crippen molar-refractivity contribution in [3.63, 3.8) is 0 Å². The molecule has 0 atom stereocenters. The zero-order valence-corrected chi connectivity index (χ0v) is 11.8. The number of hydrogen-bond acceptors (Lipinski definition) is 3. The van der Waals surface area contributed by atoms with E-state index in [4.69, 9.17) is 4.74 Å². The van der Waals surface area contributed by atoms with E-state index < -0.39 is 0 Å². The predicted molar refractivity (Wildman–Crippen MR) is 74.2 cm³/mol. The van der Waals surface area contributed by atoms with Gasteiger partial charge in [0, 0.05) is 12.2 Å². The molecule has 2 rings (SSSR count). The number of aryl methyl sites for hydroxylation is 2. The Morgan fingerprint density at radius 1 is 1.17 bits per heavy atom. The molecular formula is C15H23NO2. The van der Waals surface area contributed by atoms with Gasteiger partial charge in [-0.2, -0.15) is 0 Å². The first kappa shape index (κ1) is 13.4. The maximum Gasteiger partial charge on any atom is 0.0584 e. The predicted octanol–water partition coefficient (Wildman–Crippen LogP) is 2.34. The highest BCUT2D eigenvalue weighted by Crippen LogP contribution is 2.31. The molecule has 1 aliphatic rings. The molecular weight excluding hydrogens is 226 g/mol. The van der Waals surface area contributed by atoms with Crippen LogP contribution in [0.2, 0.25) is 0 Å². The molecule has 3 nitrogen and oxygen atoms in total. The molecule has 0 radical (unpaired) electrons. The Morgan fingerprint density at radius 2 is 1.72 bits per heavy atom. The van der Waals surface area contributed by atoms with E-state index in [9.17, 15) is 5.11 Å². The van der Waals surface area contributed by atoms with E-state index in [0.717, 1.165) is 6.54 Å². The van der Waals surface area contributed by atoms with Crippen molar-refractivity contribution < 1.29 is 9.84 Å². The molecule has 0 aliphatic carbocycles. The van der Waals surface area contributed by atoms with Gasteiger partial charge in [-0.25, -0.2) is 0 Å². The largest absolute Gasteiger partial charge is 0.396 e. The van der Waals surface area contributed by atoms with E-state index in [1.165, 1.54) is 27.9 Å². The van der Waals surface area contributed by atoms with E-state index in [-0.39, 0.29) is 12.0 Å². The minimum Gasteiger partial charge on any atom is -0.396 e. The summed E-state index contributed by atoms with van der Waals surface area (Å²) in [5.41, 5.74) is 6.34. The Kier molecular flexibility index (Phi) is 3.64. The van der Waals surface area contributed by atoms with Gasteiger partial charge < -0.3 is 15.2 Å². The molecule has 1 saturated heterocycles. The molecule has 0 aromatic heterocycles. The summed E-state index contributed by atoms with van der Waals surface area (Å²) >= 11 is 0. The molecule has 0 saturated carbocycles. The van der Waals surface area contributed by atoms with Crippen LogP contribution in [0.15, 0.2) is 6.07 Å². The summed E-state index contributed by atoms with van der Waals surface area (Å²) in [7, 11) is 0.